The lowest BCUT2D eigenvalue weighted by atomic mass is 10.4. The molecule has 1 aromatic heterocycles. The first-order valence-electron chi connectivity index (χ1n) is 5.79. The van der Waals surface area contributed by atoms with Crippen LogP contribution in [0.2, 0.25) is 0 Å². The van der Waals surface area contributed by atoms with Crippen LogP contribution < -0.4 is 4.57 Å². The minimum absolute atomic E-state index is 0.585. The number of rotatable bonds is 7. The second-order valence-corrected chi connectivity index (χ2v) is 5.08. The van der Waals surface area contributed by atoms with E-state index in [1.165, 1.54) is 23.8 Å². The monoisotopic (exact) mass is 238 g/mol. The van der Waals surface area contributed by atoms with Crippen LogP contribution in [0.3, 0.4) is 0 Å². The minimum Gasteiger partial charge on any atom is -0.234 e. The molecule has 3 nitrogen and oxygen atoms in total. The van der Waals surface area contributed by atoms with Crippen molar-refractivity contribution >= 4 is 11.8 Å². The van der Waals surface area contributed by atoms with Crippen molar-refractivity contribution in [2.24, 2.45) is 0 Å². The lowest BCUT2D eigenvalue weighted by Crippen LogP contribution is -2.35. The molecule has 16 heavy (non-hydrogen) atoms. The van der Waals surface area contributed by atoms with E-state index in [0.717, 1.165) is 13.1 Å². The molecule has 1 aromatic rings. The fourth-order valence-electron chi connectivity index (χ4n) is 1.67. The Bertz CT molecular complexity index is 352. The summed E-state index contributed by atoms with van der Waals surface area (Å²) >= 11 is 1.99. The summed E-state index contributed by atoms with van der Waals surface area (Å²) in [5.41, 5.74) is 0. The third kappa shape index (κ3) is 3.90. The summed E-state index contributed by atoms with van der Waals surface area (Å²) in [5, 5.41) is 8.55. The first kappa shape index (κ1) is 13.1. The second kappa shape index (κ2) is 7.34. The summed E-state index contributed by atoms with van der Waals surface area (Å²) in [5.74, 6) is 3.68. The maximum Gasteiger partial charge on any atom is 0.253 e. The Hall–Kier alpha value is -0.950. The Morgan fingerprint density at radius 2 is 2.38 bits per heavy atom. The highest BCUT2D eigenvalue weighted by Crippen LogP contribution is 2.04. The molecule has 0 N–H and O–H groups in total. The van der Waals surface area contributed by atoms with Crippen molar-refractivity contribution in [1.29, 1.82) is 5.26 Å². The van der Waals surface area contributed by atoms with Gasteiger partial charge in [-0.25, -0.2) is 9.13 Å². The summed E-state index contributed by atoms with van der Waals surface area (Å²) in [4.78, 5) is 0. The van der Waals surface area contributed by atoms with Crippen LogP contribution in [0, 0.1) is 18.3 Å². The van der Waals surface area contributed by atoms with Crippen LogP contribution in [0.15, 0.2) is 12.4 Å². The zero-order chi connectivity index (χ0) is 11.8. The highest BCUT2D eigenvalue weighted by molar-refractivity contribution is 7.99. The SMILES string of the molecule is CCSCCCn1cc[n+](CCC#N)c1C. The van der Waals surface area contributed by atoms with Gasteiger partial charge in [-0.05, 0) is 17.9 Å². The molecule has 0 saturated carbocycles. The van der Waals surface area contributed by atoms with Crippen LogP contribution >= 0.6 is 11.8 Å². The second-order valence-electron chi connectivity index (χ2n) is 3.69. The lowest BCUT2D eigenvalue weighted by molar-refractivity contribution is -0.701. The van der Waals surface area contributed by atoms with E-state index in [2.05, 4.69) is 41.4 Å². The minimum atomic E-state index is 0.585. The highest BCUT2D eigenvalue weighted by atomic mass is 32.2. The quantitative estimate of drug-likeness (QED) is 0.538. The lowest BCUT2D eigenvalue weighted by Gasteiger charge is -2.00. The van der Waals surface area contributed by atoms with Gasteiger partial charge >= 0.3 is 0 Å². The van der Waals surface area contributed by atoms with E-state index in [1.807, 2.05) is 11.8 Å². The van der Waals surface area contributed by atoms with Gasteiger partial charge in [0.25, 0.3) is 5.82 Å². The number of aryl methyl sites for hydroxylation is 2. The normalized spacial score (nSPS) is 10.3. The molecule has 88 valence electrons. The van der Waals surface area contributed by atoms with Gasteiger partial charge in [0.2, 0.25) is 0 Å². The van der Waals surface area contributed by atoms with Crippen molar-refractivity contribution in [2.75, 3.05) is 11.5 Å². The molecule has 0 saturated heterocycles. The number of aromatic nitrogens is 2. The van der Waals surface area contributed by atoms with E-state index >= 15 is 0 Å². The van der Waals surface area contributed by atoms with E-state index in [1.54, 1.807) is 0 Å². The number of imidazole rings is 1. The van der Waals surface area contributed by atoms with Crippen molar-refractivity contribution in [3.63, 3.8) is 0 Å². The molecule has 0 unspecified atom stereocenters. The molecule has 0 aliphatic heterocycles. The number of nitriles is 1. The smallest absolute Gasteiger partial charge is 0.234 e. The van der Waals surface area contributed by atoms with E-state index in [-0.39, 0.29) is 0 Å². The molecule has 0 radical (unpaired) electrons. The van der Waals surface area contributed by atoms with E-state index < -0.39 is 0 Å². The van der Waals surface area contributed by atoms with Gasteiger partial charge in [-0.3, -0.25) is 0 Å². The molecular weight excluding hydrogens is 218 g/mol. The Kier molecular flexibility index (Phi) is 6.02. The number of thioether (sulfide) groups is 1. The summed E-state index contributed by atoms with van der Waals surface area (Å²) < 4.78 is 4.42. The van der Waals surface area contributed by atoms with Crippen molar-refractivity contribution in [3.8, 4) is 6.07 Å². The summed E-state index contributed by atoms with van der Waals surface area (Å²) in [6, 6.07) is 2.18. The standard InChI is InChI=1S/C12H20N3S/c1-3-16-11-5-8-15-10-9-14(12(15)2)7-4-6-13/h9-10H,3-5,7-8,11H2,1-2H3/q+1. The van der Waals surface area contributed by atoms with Crippen LogP contribution in [-0.2, 0) is 13.1 Å². The van der Waals surface area contributed by atoms with Crippen molar-refractivity contribution < 1.29 is 4.57 Å². The topological polar surface area (TPSA) is 32.6 Å². The van der Waals surface area contributed by atoms with Crippen molar-refractivity contribution in [1.82, 2.24) is 4.57 Å². The van der Waals surface area contributed by atoms with Crippen LogP contribution in [0.5, 0.6) is 0 Å². The molecule has 0 aromatic carbocycles. The molecule has 0 fully saturated rings. The fourth-order valence-corrected chi connectivity index (χ4v) is 2.29. The molecule has 4 heteroatoms. The zero-order valence-corrected chi connectivity index (χ0v) is 11.0. The third-order valence-electron chi connectivity index (χ3n) is 2.61. The van der Waals surface area contributed by atoms with Crippen LogP contribution in [0.25, 0.3) is 0 Å². The van der Waals surface area contributed by atoms with Gasteiger partial charge < -0.3 is 0 Å². The molecule has 0 amide bonds. The Morgan fingerprint density at radius 1 is 1.56 bits per heavy atom. The average Bonchev–Trinajstić information content (AvgIpc) is 2.64. The molecule has 0 spiro atoms. The molecule has 1 rings (SSSR count). The Morgan fingerprint density at radius 3 is 3.06 bits per heavy atom. The first-order chi connectivity index (χ1) is 7.79. The van der Waals surface area contributed by atoms with Gasteiger partial charge in [-0.1, -0.05) is 6.92 Å². The molecule has 0 bridgehead atoms. The van der Waals surface area contributed by atoms with Crippen LogP contribution in [0.1, 0.15) is 25.6 Å². The van der Waals surface area contributed by atoms with Gasteiger partial charge in [0, 0.05) is 6.92 Å². The fraction of sp³-hybridized carbons (Fsp3) is 0.667. The molecule has 0 aliphatic carbocycles. The van der Waals surface area contributed by atoms with E-state index in [4.69, 9.17) is 5.26 Å². The first-order valence-corrected chi connectivity index (χ1v) is 6.95. The largest absolute Gasteiger partial charge is 0.253 e. The van der Waals surface area contributed by atoms with Gasteiger partial charge in [0.1, 0.15) is 18.9 Å². The summed E-state index contributed by atoms with van der Waals surface area (Å²) in [7, 11) is 0. The third-order valence-corrected chi connectivity index (χ3v) is 3.60. The Balaban J connectivity index is 2.42. The van der Waals surface area contributed by atoms with Gasteiger partial charge in [0.15, 0.2) is 0 Å². The highest BCUT2D eigenvalue weighted by Gasteiger charge is 2.10. The van der Waals surface area contributed by atoms with Crippen LogP contribution in [-0.4, -0.2) is 16.1 Å². The van der Waals surface area contributed by atoms with Gasteiger partial charge in [-0.2, -0.15) is 17.0 Å². The Labute approximate surface area is 102 Å². The summed E-state index contributed by atoms with van der Waals surface area (Å²) in [6.45, 7) is 6.20. The van der Waals surface area contributed by atoms with E-state index in [9.17, 15) is 0 Å². The van der Waals surface area contributed by atoms with Gasteiger partial charge in [-0.15, -0.1) is 0 Å². The number of nitrogens with zero attached hydrogens (tertiary/aromatic N) is 3. The maximum absolute atomic E-state index is 8.55. The zero-order valence-electron chi connectivity index (χ0n) is 10.1. The molecular formula is C12H20N3S+. The van der Waals surface area contributed by atoms with Gasteiger partial charge in [0.05, 0.1) is 19.0 Å². The predicted molar refractivity (Wildman–Crippen MR) is 67.2 cm³/mol. The molecule has 0 atom stereocenters. The summed E-state index contributed by atoms with van der Waals surface area (Å²) in [6.07, 6.45) is 5.98. The number of hydrogen-bond donors (Lipinski definition) is 0. The van der Waals surface area contributed by atoms with Crippen LogP contribution in [0.4, 0.5) is 0 Å². The number of hydrogen-bond acceptors (Lipinski definition) is 2. The van der Waals surface area contributed by atoms with Crippen molar-refractivity contribution in [2.45, 2.75) is 39.8 Å². The van der Waals surface area contributed by atoms with Crippen molar-refractivity contribution in [3.05, 3.63) is 18.2 Å². The van der Waals surface area contributed by atoms with E-state index in [0.29, 0.717) is 6.42 Å². The average molecular weight is 238 g/mol. The predicted octanol–water partition coefficient (Wildman–Crippen LogP) is 2.14. The molecule has 0 aliphatic rings. The maximum atomic E-state index is 8.55. The molecule has 1 heterocycles.